The summed E-state index contributed by atoms with van der Waals surface area (Å²) in [6.07, 6.45) is 0.915. The maximum atomic E-state index is 12.6. The number of aryl methyl sites for hydroxylation is 1. The third kappa shape index (κ3) is 3.15. The molecule has 5 nitrogen and oxygen atoms in total. The lowest BCUT2D eigenvalue weighted by atomic mass is 10.1. The molecule has 0 radical (unpaired) electrons. The minimum atomic E-state index is -0.152. The van der Waals surface area contributed by atoms with E-state index in [4.69, 9.17) is 9.47 Å². The fourth-order valence-electron chi connectivity index (χ4n) is 2.91. The van der Waals surface area contributed by atoms with E-state index in [-0.39, 0.29) is 5.91 Å². The van der Waals surface area contributed by atoms with Crippen LogP contribution >= 0.6 is 11.3 Å². The Balaban J connectivity index is 1.56. The summed E-state index contributed by atoms with van der Waals surface area (Å²) in [6.45, 7) is 2.59. The molecular formula is C20H18N2O3S. The Kier molecular flexibility index (Phi) is 4.34. The maximum absolute atomic E-state index is 12.6. The topological polar surface area (TPSA) is 60.5 Å². The number of rotatable bonds is 4. The number of amides is 1. The molecule has 4 rings (SSSR count). The molecule has 0 fully saturated rings. The third-order valence-corrected chi connectivity index (χ3v) is 5.49. The summed E-state index contributed by atoms with van der Waals surface area (Å²) in [7, 11) is 1.61. The van der Waals surface area contributed by atoms with Crippen LogP contribution < -0.4 is 14.8 Å². The number of thiazole rings is 1. The van der Waals surface area contributed by atoms with E-state index in [1.54, 1.807) is 7.11 Å². The number of fused-ring (bicyclic) bond motifs is 1. The van der Waals surface area contributed by atoms with Gasteiger partial charge in [0.1, 0.15) is 21.4 Å². The Hall–Kier alpha value is -2.86. The number of ether oxygens (including phenoxy) is 2. The van der Waals surface area contributed by atoms with E-state index in [9.17, 15) is 4.79 Å². The van der Waals surface area contributed by atoms with E-state index < -0.39 is 0 Å². The number of nitrogens with zero attached hydrogens (tertiary/aromatic N) is 1. The van der Waals surface area contributed by atoms with Gasteiger partial charge in [-0.15, -0.1) is 11.3 Å². The van der Waals surface area contributed by atoms with Crippen molar-refractivity contribution >= 4 is 22.9 Å². The summed E-state index contributed by atoms with van der Waals surface area (Å²) in [5, 5.41) is 3.76. The average Bonchev–Trinajstić information content (AvgIpc) is 3.28. The summed E-state index contributed by atoms with van der Waals surface area (Å²) in [5.41, 5.74) is 3.66. The van der Waals surface area contributed by atoms with E-state index >= 15 is 0 Å². The second kappa shape index (κ2) is 6.80. The number of carbonyl (C=O) groups excluding carboxylic acids is 1. The smallest absolute Gasteiger partial charge is 0.267 e. The SMILES string of the molecule is COc1ccc(NC(=O)c2sc(-c3ccc4c(c3)CCO4)nc2C)cc1. The average molecular weight is 366 g/mol. The van der Waals surface area contributed by atoms with Crippen LogP contribution in [0.2, 0.25) is 0 Å². The van der Waals surface area contributed by atoms with Crippen LogP contribution in [0.25, 0.3) is 10.6 Å². The molecule has 132 valence electrons. The largest absolute Gasteiger partial charge is 0.497 e. The summed E-state index contributed by atoms with van der Waals surface area (Å²) in [4.78, 5) is 17.8. The van der Waals surface area contributed by atoms with Gasteiger partial charge in [-0.1, -0.05) is 0 Å². The van der Waals surface area contributed by atoms with Crippen molar-refractivity contribution in [2.75, 3.05) is 19.0 Å². The van der Waals surface area contributed by atoms with Gasteiger partial charge in [0.2, 0.25) is 0 Å². The molecule has 0 atom stereocenters. The van der Waals surface area contributed by atoms with Crippen LogP contribution in [0.3, 0.4) is 0 Å². The third-order valence-electron chi connectivity index (χ3n) is 4.29. The first-order valence-electron chi connectivity index (χ1n) is 8.33. The van der Waals surface area contributed by atoms with E-state index in [0.29, 0.717) is 4.88 Å². The highest BCUT2D eigenvalue weighted by Crippen LogP contribution is 2.33. The molecular weight excluding hydrogens is 348 g/mol. The Morgan fingerprint density at radius 2 is 2.04 bits per heavy atom. The second-order valence-electron chi connectivity index (χ2n) is 6.04. The van der Waals surface area contributed by atoms with Crippen molar-refractivity contribution in [1.29, 1.82) is 0 Å². The number of hydrogen-bond donors (Lipinski definition) is 1. The lowest BCUT2D eigenvalue weighted by molar-refractivity contribution is 0.103. The highest BCUT2D eigenvalue weighted by atomic mass is 32.1. The normalized spacial score (nSPS) is 12.4. The summed E-state index contributed by atoms with van der Waals surface area (Å²) in [5.74, 6) is 1.54. The van der Waals surface area contributed by atoms with Crippen molar-refractivity contribution in [3.63, 3.8) is 0 Å². The molecule has 0 spiro atoms. The molecule has 1 aromatic heterocycles. The first-order chi connectivity index (χ1) is 12.6. The zero-order valence-corrected chi connectivity index (χ0v) is 15.4. The van der Waals surface area contributed by atoms with Gasteiger partial charge in [-0.25, -0.2) is 4.98 Å². The molecule has 0 unspecified atom stereocenters. The number of carbonyl (C=O) groups is 1. The van der Waals surface area contributed by atoms with Gasteiger partial charge in [0, 0.05) is 17.7 Å². The standard InChI is InChI=1S/C20H18N2O3S/c1-12-18(19(23)22-15-4-6-16(24-2)7-5-15)26-20(21-12)14-3-8-17-13(11-14)9-10-25-17/h3-8,11H,9-10H2,1-2H3,(H,22,23). The van der Waals surface area contributed by atoms with Crippen LogP contribution in [0.15, 0.2) is 42.5 Å². The molecule has 0 saturated heterocycles. The van der Waals surface area contributed by atoms with Gasteiger partial charge in [-0.05, 0) is 55.0 Å². The number of benzene rings is 2. The molecule has 6 heteroatoms. The number of methoxy groups -OCH3 is 1. The number of nitrogens with one attached hydrogen (secondary N) is 1. The minimum absolute atomic E-state index is 0.152. The van der Waals surface area contributed by atoms with Gasteiger partial charge in [0.25, 0.3) is 5.91 Å². The molecule has 1 aliphatic heterocycles. The van der Waals surface area contributed by atoms with Crippen LogP contribution in [-0.2, 0) is 6.42 Å². The predicted octanol–water partition coefficient (Wildman–Crippen LogP) is 4.31. The predicted molar refractivity (Wildman–Crippen MR) is 102 cm³/mol. The summed E-state index contributed by atoms with van der Waals surface area (Å²) < 4.78 is 10.7. The van der Waals surface area contributed by atoms with Crippen LogP contribution in [0.4, 0.5) is 5.69 Å². The quantitative estimate of drug-likeness (QED) is 0.747. The van der Waals surface area contributed by atoms with E-state index in [0.717, 1.165) is 46.5 Å². The van der Waals surface area contributed by atoms with Crippen LogP contribution in [0.1, 0.15) is 20.9 Å². The lowest BCUT2D eigenvalue weighted by Gasteiger charge is -2.05. The number of hydrogen-bond acceptors (Lipinski definition) is 5. The summed E-state index contributed by atoms with van der Waals surface area (Å²) >= 11 is 1.40. The zero-order chi connectivity index (χ0) is 18.1. The van der Waals surface area contributed by atoms with Gasteiger partial charge in [-0.3, -0.25) is 4.79 Å². The van der Waals surface area contributed by atoms with E-state index in [1.807, 2.05) is 43.3 Å². The fourth-order valence-corrected chi connectivity index (χ4v) is 3.87. The van der Waals surface area contributed by atoms with E-state index in [1.165, 1.54) is 16.9 Å². The van der Waals surface area contributed by atoms with Gasteiger partial charge in [0.05, 0.1) is 19.4 Å². The Morgan fingerprint density at radius 3 is 2.81 bits per heavy atom. The summed E-state index contributed by atoms with van der Waals surface area (Å²) in [6, 6.07) is 13.3. The molecule has 1 N–H and O–H groups in total. The Morgan fingerprint density at radius 1 is 1.23 bits per heavy atom. The second-order valence-corrected chi connectivity index (χ2v) is 7.04. The molecule has 0 bridgehead atoms. The van der Waals surface area contributed by atoms with Gasteiger partial charge in [-0.2, -0.15) is 0 Å². The maximum Gasteiger partial charge on any atom is 0.267 e. The van der Waals surface area contributed by atoms with Crippen molar-refractivity contribution in [2.45, 2.75) is 13.3 Å². The van der Waals surface area contributed by atoms with Crippen molar-refractivity contribution < 1.29 is 14.3 Å². The molecule has 1 amide bonds. The molecule has 2 heterocycles. The van der Waals surface area contributed by atoms with Crippen LogP contribution in [0, 0.1) is 6.92 Å². The van der Waals surface area contributed by atoms with Crippen LogP contribution in [-0.4, -0.2) is 24.6 Å². The van der Waals surface area contributed by atoms with E-state index in [2.05, 4.69) is 16.4 Å². The van der Waals surface area contributed by atoms with Crippen LogP contribution in [0.5, 0.6) is 11.5 Å². The van der Waals surface area contributed by atoms with Crippen molar-refractivity contribution in [3.05, 3.63) is 58.6 Å². The molecule has 26 heavy (non-hydrogen) atoms. The molecule has 1 aliphatic rings. The molecule has 0 aliphatic carbocycles. The minimum Gasteiger partial charge on any atom is -0.497 e. The fraction of sp³-hybridized carbons (Fsp3) is 0.200. The number of aromatic nitrogens is 1. The zero-order valence-electron chi connectivity index (χ0n) is 14.5. The van der Waals surface area contributed by atoms with Gasteiger partial charge < -0.3 is 14.8 Å². The van der Waals surface area contributed by atoms with Gasteiger partial charge >= 0.3 is 0 Å². The highest BCUT2D eigenvalue weighted by Gasteiger charge is 2.18. The molecule has 2 aromatic carbocycles. The Bertz CT molecular complexity index is 964. The first kappa shape index (κ1) is 16.6. The Labute approximate surface area is 155 Å². The number of anilines is 1. The highest BCUT2D eigenvalue weighted by molar-refractivity contribution is 7.17. The molecule has 0 saturated carbocycles. The first-order valence-corrected chi connectivity index (χ1v) is 9.14. The van der Waals surface area contributed by atoms with Crippen molar-refractivity contribution in [3.8, 4) is 22.1 Å². The molecule has 3 aromatic rings. The van der Waals surface area contributed by atoms with Crippen molar-refractivity contribution in [1.82, 2.24) is 4.98 Å². The van der Waals surface area contributed by atoms with Gasteiger partial charge in [0.15, 0.2) is 0 Å². The van der Waals surface area contributed by atoms with Crippen molar-refractivity contribution in [2.24, 2.45) is 0 Å². The lowest BCUT2D eigenvalue weighted by Crippen LogP contribution is -2.11. The monoisotopic (exact) mass is 366 g/mol.